The molecule has 0 aliphatic heterocycles. The van der Waals surface area contributed by atoms with Gasteiger partial charge in [0.05, 0.1) is 22.4 Å². The molecule has 1 heterocycles. The molecule has 2 fully saturated rings. The third kappa shape index (κ3) is 3.55. The Morgan fingerprint density at radius 1 is 1.10 bits per heavy atom. The quantitative estimate of drug-likeness (QED) is 0.636. The van der Waals surface area contributed by atoms with Crippen molar-refractivity contribution in [3.8, 4) is 0 Å². The number of carboxylic acids is 1. The van der Waals surface area contributed by atoms with Gasteiger partial charge in [-0.15, -0.1) is 0 Å². The summed E-state index contributed by atoms with van der Waals surface area (Å²) in [6.07, 6.45) is 2.50. The summed E-state index contributed by atoms with van der Waals surface area (Å²) in [5.41, 5.74) is 1.60. The zero-order chi connectivity index (χ0) is 21.6. The molecule has 10 heteroatoms. The molecule has 1 amide bonds. The number of aliphatic carboxylic acids is 1. The first kappa shape index (κ1) is 20.4. The number of benzene rings is 1. The summed E-state index contributed by atoms with van der Waals surface area (Å²) in [5, 5.41) is 16.0. The van der Waals surface area contributed by atoms with Gasteiger partial charge in [-0.05, 0) is 69.2 Å². The van der Waals surface area contributed by atoms with Crippen LogP contribution in [0.4, 0.5) is 11.6 Å². The van der Waals surface area contributed by atoms with Crippen molar-refractivity contribution in [1.29, 1.82) is 0 Å². The SMILES string of the molecule is Cc1noc(NS(=O)(=O)c2ccc(NC(=O)[C@@H]3[C@@H]4CC[C@@H](C4)[C@@H]3C(=O)O)cc2)c1C. The molecule has 4 atom stereocenters. The Morgan fingerprint density at radius 3 is 2.30 bits per heavy atom. The van der Waals surface area contributed by atoms with Gasteiger partial charge in [0.15, 0.2) is 0 Å². The van der Waals surface area contributed by atoms with Gasteiger partial charge in [0, 0.05) is 11.3 Å². The van der Waals surface area contributed by atoms with Crippen LogP contribution in [0.3, 0.4) is 0 Å². The molecule has 0 spiro atoms. The summed E-state index contributed by atoms with van der Waals surface area (Å²) >= 11 is 0. The van der Waals surface area contributed by atoms with Gasteiger partial charge in [-0.3, -0.25) is 9.59 Å². The predicted octanol–water partition coefficient (Wildman–Crippen LogP) is 2.78. The summed E-state index contributed by atoms with van der Waals surface area (Å²) in [7, 11) is -3.88. The van der Waals surface area contributed by atoms with Crippen LogP contribution < -0.4 is 10.0 Å². The molecule has 1 aromatic heterocycles. The van der Waals surface area contributed by atoms with Crippen molar-refractivity contribution in [2.75, 3.05) is 10.0 Å². The monoisotopic (exact) mass is 433 g/mol. The predicted molar refractivity (Wildman–Crippen MR) is 107 cm³/mol. The first-order valence-electron chi connectivity index (χ1n) is 9.77. The van der Waals surface area contributed by atoms with Gasteiger partial charge < -0.3 is 14.9 Å². The number of nitrogens with zero attached hydrogens (tertiary/aromatic N) is 1. The fraction of sp³-hybridized carbons (Fsp3) is 0.450. The van der Waals surface area contributed by atoms with E-state index in [0.29, 0.717) is 16.9 Å². The van der Waals surface area contributed by atoms with Gasteiger partial charge in [-0.25, -0.2) is 13.1 Å². The van der Waals surface area contributed by atoms with E-state index in [4.69, 9.17) is 4.52 Å². The number of carbonyl (C=O) groups excluding carboxylic acids is 1. The van der Waals surface area contributed by atoms with Crippen LogP contribution in [0.5, 0.6) is 0 Å². The first-order chi connectivity index (χ1) is 14.2. The standard InChI is InChI=1S/C20H23N3O6S/c1-10-11(2)22-29-19(10)23-30(27,28)15-7-5-14(6-8-15)21-18(24)16-12-3-4-13(9-12)17(16)20(25)26/h5-8,12-13,16-17,23H,3-4,9H2,1-2H3,(H,21,24)(H,25,26)/t12-,13+,16-,17+/m1/s1. The van der Waals surface area contributed by atoms with Gasteiger partial charge in [-0.2, -0.15) is 0 Å². The minimum Gasteiger partial charge on any atom is -0.481 e. The topological polar surface area (TPSA) is 139 Å². The second-order valence-corrected chi connectivity index (χ2v) is 9.75. The third-order valence-electron chi connectivity index (χ3n) is 6.32. The number of hydrogen-bond donors (Lipinski definition) is 3. The average molecular weight is 433 g/mol. The maximum absolute atomic E-state index is 12.8. The van der Waals surface area contributed by atoms with Crippen LogP contribution in [0.2, 0.25) is 0 Å². The summed E-state index contributed by atoms with van der Waals surface area (Å²) in [4.78, 5) is 24.4. The van der Waals surface area contributed by atoms with Gasteiger partial charge in [-0.1, -0.05) is 5.16 Å². The molecule has 2 aromatic rings. The van der Waals surface area contributed by atoms with E-state index < -0.39 is 27.8 Å². The molecular formula is C20H23N3O6S. The molecule has 0 unspecified atom stereocenters. The van der Waals surface area contributed by atoms with Crippen molar-refractivity contribution in [3.63, 3.8) is 0 Å². The highest BCUT2D eigenvalue weighted by molar-refractivity contribution is 7.92. The molecule has 0 radical (unpaired) electrons. The Morgan fingerprint density at radius 2 is 1.73 bits per heavy atom. The fourth-order valence-corrected chi connectivity index (χ4v) is 5.71. The molecule has 30 heavy (non-hydrogen) atoms. The minimum atomic E-state index is -3.88. The number of fused-ring (bicyclic) bond motifs is 2. The number of amides is 1. The van der Waals surface area contributed by atoms with Crippen LogP contribution in [-0.2, 0) is 19.6 Å². The number of rotatable bonds is 6. The molecule has 2 bridgehead atoms. The lowest BCUT2D eigenvalue weighted by atomic mass is 9.78. The number of aromatic nitrogens is 1. The van der Waals surface area contributed by atoms with Gasteiger partial charge >= 0.3 is 5.97 Å². The van der Waals surface area contributed by atoms with Gasteiger partial charge in [0.25, 0.3) is 10.0 Å². The zero-order valence-corrected chi connectivity index (χ0v) is 17.4. The lowest BCUT2D eigenvalue weighted by Crippen LogP contribution is -2.37. The Bertz CT molecular complexity index is 1090. The molecule has 2 aliphatic carbocycles. The van der Waals surface area contributed by atoms with E-state index in [1.807, 2.05) is 0 Å². The Hall–Kier alpha value is -2.88. The van der Waals surface area contributed by atoms with E-state index in [9.17, 15) is 23.1 Å². The van der Waals surface area contributed by atoms with Crippen molar-refractivity contribution < 1.29 is 27.6 Å². The molecule has 2 aliphatic rings. The Labute approximate surface area is 173 Å². The smallest absolute Gasteiger partial charge is 0.307 e. The first-order valence-corrected chi connectivity index (χ1v) is 11.2. The second-order valence-electron chi connectivity index (χ2n) is 8.06. The van der Waals surface area contributed by atoms with Crippen LogP contribution in [0, 0.1) is 37.5 Å². The maximum atomic E-state index is 12.8. The van der Waals surface area contributed by atoms with Crippen molar-refractivity contribution in [2.24, 2.45) is 23.7 Å². The molecule has 0 saturated heterocycles. The van der Waals surface area contributed by atoms with Gasteiger partial charge in [0.1, 0.15) is 0 Å². The average Bonchev–Trinajstić information content (AvgIpc) is 3.39. The number of carbonyl (C=O) groups is 2. The van der Waals surface area contributed by atoms with Crippen LogP contribution in [0.1, 0.15) is 30.5 Å². The van der Waals surface area contributed by atoms with E-state index in [1.54, 1.807) is 13.8 Å². The highest BCUT2D eigenvalue weighted by Gasteiger charge is 2.53. The normalized spacial score (nSPS) is 25.3. The molecule has 4 rings (SSSR count). The van der Waals surface area contributed by atoms with Crippen LogP contribution in [0.25, 0.3) is 0 Å². The number of aryl methyl sites for hydroxylation is 1. The molecular weight excluding hydrogens is 410 g/mol. The largest absolute Gasteiger partial charge is 0.481 e. The number of nitrogens with one attached hydrogen (secondary N) is 2. The van der Waals surface area contributed by atoms with E-state index in [-0.39, 0.29) is 28.5 Å². The second kappa shape index (κ2) is 7.42. The summed E-state index contributed by atoms with van der Waals surface area (Å²) in [6, 6.07) is 5.69. The highest BCUT2D eigenvalue weighted by Crippen LogP contribution is 2.52. The Kier molecular flexibility index (Phi) is 5.05. The summed E-state index contributed by atoms with van der Waals surface area (Å²) < 4.78 is 32.5. The van der Waals surface area contributed by atoms with E-state index in [2.05, 4.69) is 15.2 Å². The fourth-order valence-electron chi connectivity index (χ4n) is 4.66. The van der Waals surface area contributed by atoms with E-state index in [1.165, 1.54) is 24.3 Å². The lowest BCUT2D eigenvalue weighted by Gasteiger charge is -2.27. The summed E-state index contributed by atoms with van der Waals surface area (Å²) in [5.74, 6) is -2.24. The minimum absolute atomic E-state index is 0.00251. The Balaban J connectivity index is 1.46. The molecule has 9 nitrogen and oxygen atoms in total. The van der Waals surface area contributed by atoms with E-state index in [0.717, 1.165) is 19.3 Å². The van der Waals surface area contributed by atoms with Crippen LogP contribution >= 0.6 is 0 Å². The maximum Gasteiger partial charge on any atom is 0.307 e. The van der Waals surface area contributed by atoms with Crippen LogP contribution in [0.15, 0.2) is 33.7 Å². The summed E-state index contributed by atoms with van der Waals surface area (Å²) in [6.45, 7) is 3.40. The molecule has 2 saturated carbocycles. The number of hydrogen-bond acceptors (Lipinski definition) is 6. The van der Waals surface area contributed by atoms with Gasteiger partial charge in [0.2, 0.25) is 11.8 Å². The molecule has 1 aromatic carbocycles. The van der Waals surface area contributed by atoms with E-state index >= 15 is 0 Å². The van der Waals surface area contributed by atoms with Crippen molar-refractivity contribution in [1.82, 2.24) is 5.16 Å². The third-order valence-corrected chi connectivity index (χ3v) is 7.67. The highest BCUT2D eigenvalue weighted by atomic mass is 32.2. The van der Waals surface area contributed by atoms with Crippen molar-refractivity contribution >= 4 is 33.5 Å². The number of sulfonamides is 1. The number of anilines is 2. The number of carboxylic acid groups (broad SMARTS) is 1. The van der Waals surface area contributed by atoms with Crippen LogP contribution in [-0.4, -0.2) is 30.6 Å². The van der Waals surface area contributed by atoms with Crippen molar-refractivity contribution in [2.45, 2.75) is 38.0 Å². The zero-order valence-electron chi connectivity index (χ0n) is 16.6. The molecule has 160 valence electrons. The van der Waals surface area contributed by atoms with Crippen molar-refractivity contribution in [3.05, 3.63) is 35.5 Å². The molecule has 3 N–H and O–H groups in total. The lowest BCUT2D eigenvalue weighted by molar-refractivity contribution is -0.148.